The molecule has 2 aromatic rings. The maximum atomic E-state index is 12.0. The molecule has 0 aromatic carbocycles. The van der Waals surface area contributed by atoms with Crippen LogP contribution in [0.2, 0.25) is 0 Å². The molecule has 3 heterocycles. The van der Waals surface area contributed by atoms with E-state index >= 15 is 0 Å². The summed E-state index contributed by atoms with van der Waals surface area (Å²) in [5.74, 6) is 1.34. The number of nitrogens with one attached hydrogen (secondary N) is 1. The molecule has 0 radical (unpaired) electrons. The predicted octanol–water partition coefficient (Wildman–Crippen LogP) is 2.08. The van der Waals surface area contributed by atoms with E-state index in [4.69, 9.17) is 13.6 Å². The average molecular weight is 316 g/mol. The highest BCUT2D eigenvalue weighted by Gasteiger charge is 2.24. The Morgan fingerprint density at radius 3 is 2.70 bits per heavy atom. The molecule has 1 atom stereocenters. The lowest BCUT2D eigenvalue weighted by Gasteiger charge is -2.33. The van der Waals surface area contributed by atoms with Crippen LogP contribution in [0.15, 0.2) is 51.7 Å². The van der Waals surface area contributed by atoms with E-state index in [1.807, 2.05) is 12.1 Å². The third kappa shape index (κ3) is 4.34. The van der Waals surface area contributed by atoms with Gasteiger partial charge in [-0.3, -0.25) is 9.69 Å². The summed E-state index contributed by atoms with van der Waals surface area (Å²) in [6, 6.07) is 7.38. The van der Waals surface area contributed by atoms with Crippen LogP contribution in [0.25, 0.3) is 6.08 Å². The van der Waals surface area contributed by atoms with Crippen LogP contribution in [0.3, 0.4) is 0 Å². The molecule has 1 saturated heterocycles. The normalized spacial score (nSPS) is 17.4. The molecule has 1 fully saturated rings. The number of morpholine rings is 1. The Labute approximate surface area is 134 Å². The minimum atomic E-state index is -0.161. The van der Waals surface area contributed by atoms with Gasteiger partial charge in [-0.15, -0.1) is 0 Å². The monoisotopic (exact) mass is 316 g/mol. The van der Waals surface area contributed by atoms with E-state index in [0.29, 0.717) is 25.5 Å². The van der Waals surface area contributed by atoms with Gasteiger partial charge < -0.3 is 18.9 Å². The zero-order valence-electron chi connectivity index (χ0n) is 12.8. The summed E-state index contributed by atoms with van der Waals surface area (Å²) in [5, 5.41) is 2.92. The van der Waals surface area contributed by atoms with Gasteiger partial charge in [-0.05, 0) is 30.3 Å². The van der Waals surface area contributed by atoms with E-state index in [0.717, 1.165) is 18.8 Å². The topological polar surface area (TPSA) is 67.9 Å². The number of rotatable bonds is 6. The summed E-state index contributed by atoms with van der Waals surface area (Å²) < 4.78 is 16.1. The quantitative estimate of drug-likeness (QED) is 0.826. The fourth-order valence-corrected chi connectivity index (χ4v) is 2.58. The van der Waals surface area contributed by atoms with Crippen molar-refractivity contribution in [2.45, 2.75) is 6.04 Å². The van der Waals surface area contributed by atoms with Crippen LogP contribution in [-0.2, 0) is 9.53 Å². The SMILES string of the molecule is O=C(/C=C/c1ccco1)NCC(c1ccco1)N1CCOCC1. The van der Waals surface area contributed by atoms with Crippen LogP contribution >= 0.6 is 0 Å². The fourth-order valence-electron chi connectivity index (χ4n) is 2.58. The number of amides is 1. The van der Waals surface area contributed by atoms with E-state index in [1.54, 1.807) is 30.7 Å². The Balaban J connectivity index is 1.58. The third-order valence-corrected chi connectivity index (χ3v) is 3.77. The van der Waals surface area contributed by atoms with Gasteiger partial charge in [-0.1, -0.05) is 0 Å². The van der Waals surface area contributed by atoms with E-state index in [1.165, 1.54) is 6.08 Å². The second-order valence-electron chi connectivity index (χ2n) is 5.27. The molecule has 1 amide bonds. The van der Waals surface area contributed by atoms with Crippen molar-refractivity contribution in [2.75, 3.05) is 32.8 Å². The summed E-state index contributed by atoms with van der Waals surface area (Å²) in [5.41, 5.74) is 0. The van der Waals surface area contributed by atoms with Crippen LogP contribution in [0, 0.1) is 0 Å². The van der Waals surface area contributed by atoms with Gasteiger partial charge in [0.25, 0.3) is 0 Å². The van der Waals surface area contributed by atoms with E-state index in [-0.39, 0.29) is 11.9 Å². The molecule has 0 saturated carbocycles. The zero-order chi connectivity index (χ0) is 15.9. The van der Waals surface area contributed by atoms with Crippen LogP contribution in [-0.4, -0.2) is 43.7 Å². The van der Waals surface area contributed by atoms with Gasteiger partial charge >= 0.3 is 0 Å². The fraction of sp³-hybridized carbons (Fsp3) is 0.353. The van der Waals surface area contributed by atoms with Crippen LogP contribution in [0.5, 0.6) is 0 Å². The van der Waals surface area contributed by atoms with Crippen LogP contribution < -0.4 is 5.32 Å². The molecule has 1 N–H and O–H groups in total. The molecule has 3 rings (SSSR count). The number of hydrogen-bond donors (Lipinski definition) is 1. The van der Waals surface area contributed by atoms with Gasteiger partial charge in [0.05, 0.1) is 31.8 Å². The van der Waals surface area contributed by atoms with Crippen molar-refractivity contribution in [1.82, 2.24) is 10.2 Å². The molecular formula is C17H20N2O4. The molecule has 6 nitrogen and oxygen atoms in total. The molecular weight excluding hydrogens is 296 g/mol. The number of carbonyl (C=O) groups is 1. The Hall–Kier alpha value is -2.31. The molecule has 2 aromatic heterocycles. The number of furan rings is 2. The molecule has 1 aliphatic heterocycles. The van der Waals surface area contributed by atoms with Crippen LogP contribution in [0.4, 0.5) is 0 Å². The van der Waals surface area contributed by atoms with Crippen molar-refractivity contribution in [2.24, 2.45) is 0 Å². The summed E-state index contributed by atoms with van der Waals surface area (Å²) in [4.78, 5) is 14.2. The first-order chi connectivity index (χ1) is 11.3. The number of nitrogens with zero attached hydrogens (tertiary/aromatic N) is 1. The highest BCUT2D eigenvalue weighted by atomic mass is 16.5. The van der Waals surface area contributed by atoms with Crippen molar-refractivity contribution >= 4 is 12.0 Å². The molecule has 1 unspecified atom stereocenters. The molecule has 1 aliphatic rings. The zero-order valence-corrected chi connectivity index (χ0v) is 12.8. The van der Waals surface area contributed by atoms with Gasteiger partial charge in [-0.2, -0.15) is 0 Å². The maximum absolute atomic E-state index is 12.0. The lowest BCUT2D eigenvalue weighted by Crippen LogP contribution is -2.43. The lowest BCUT2D eigenvalue weighted by atomic mass is 10.1. The predicted molar refractivity (Wildman–Crippen MR) is 84.6 cm³/mol. The van der Waals surface area contributed by atoms with E-state index in [2.05, 4.69) is 10.2 Å². The number of ether oxygens (including phenoxy) is 1. The first-order valence-electron chi connectivity index (χ1n) is 7.67. The number of hydrogen-bond acceptors (Lipinski definition) is 5. The van der Waals surface area contributed by atoms with Crippen molar-refractivity contribution in [3.05, 3.63) is 54.4 Å². The first-order valence-corrected chi connectivity index (χ1v) is 7.67. The van der Waals surface area contributed by atoms with Gasteiger partial charge in [0, 0.05) is 25.7 Å². The van der Waals surface area contributed by atoms with Crippen molar-refractivity contribution in [3.8, 4) is 0 Å². The molecule has 6 heteroatoms. The Kier molecular flexibility index (Phi) is 5.29. The van der Waals surface area contributed by atoms with Gasteiger partial charge in [0.1, 0.15) is 11.5 Å². The third-order valence-electron chi connectivity index (χ3n) is 3.77. The largest absolute Gasteiger partial charge is 0.468 e. The average Bonchev–Trinajstić information content (AvgIpc) is 3.28. The Morgan fingerprint density at radius 1 is 1.22 bits per heavy atom. The lowest BCUT2D eigenvalue weighted by molar-refractivity contribution is -0.116. The number of carbonyl (C=O) groups excluding carboxylic acids is 1. The highest BCUT2D eigenvalue weighted by molar-refractivity contribution is 5.91. The van der Waals surface area contributed by atoms with Gasteiger partial charge in [-0.25, -0.2) is 0 Å². The van der Waals surface area contributed by atoms with E-state index < -0.39 is 0 Å². The minimum Gasteiger partial charge on any atom is -0.468 e. The second-order valence-corrected chi connectivity index (χ2v) is 5.27. The summed E-state index contributed by atoms with van der Waals surface area (Å²) >= 11 is 0. The molecule has 0 bridgehead atoms. The summed E-state index contributed by atoms with van der Waals surface area (Å²) in [7, 11) is 0. The Morgan fingerprint density at radius 2 is 2.00 bits per heavy atom. The Bertz CT molecular complexity index is 613. The van der Waals surface area contributed by atoms with Crippen molar-refractivity contribution in [1.29, 1.82) is 0 Å². The molecule has 23 heavy (non-hydrogen) atoms. The van der Waals surface area contributed by atoms with Crippen molar-refractivity contribution < 1.29 is 18.4 Å². The first kappa shape index (κ1) is 15.6. The molecule has 0 spiro atoms. The van der Waals surface area contributed by atoms with E-state index in [9.17, 15) is 4.79 Å². The maximum Gasteiger partial charge on any atom is 0.244 e. The van der Waals surface area contributed by atoms with Gasteiger partial charge in [0.15, 0.2) is 0 Å². The standard InChI is InChI=1S/C17H20N2O4/c20-17(6-5-14-3-1-9-22-14)18-13-15(16-4-2-10-23-16)19-7-11-21-12-8-19/h1-6,9-10,15H,7-8,11-13H2,(H,18,20)/b6-5+. The molecule has 122 valence electrons. The van der Waals surface area contributed by atoms with Crippen LogP contribution in [0.1, 0.15) is 17.6 Å². The summed E-state index contributed by atoms with van der Waals surface area (Å²) in [6.07, 6.45) is 6.34. The second kappa shape index (κ2) is 7.80. The molecule has 0 aliphatic carbocycles. The van der Waals surface area contributed by atoms with Crippen molar-refractivity contribution in [3.63, 3.8) is 0 Å². The highest BCUT2D eigenvalue weighted by Crippen LogP contribution is 2.21. The summed E-state index contributed by atoms with van der Waals surface area (Å²) in [6.45, 7) is 3.52. The smallest absolute Gasteiger partial charge is 0.244 e. The minimum absolute atomic E-state index is 0.00913. The van der Waals surface area contributed by atoms with Gasteiger partial charge in [0.2, 0.25) is 5.91 Å².